The molecule has 0 aromatic heterocycles. The average molecular weight is 387 g/mol. The van der Waals surface area contributed by atoms with Crippen molar-refractivity contribution in [2.24, 2.45) is 0 Å². The average Bonchev–Trinajstić information content (AvgIpc) is 2.55. The van der Waals surface area contributed by atoms with Gasteiger partial charge in [0.2, 0.25) is 9.84 Å². The van der Waals surface area contributed by atoms with Crippen molar-refractivity contribution in [3.8, 4) is 6.07 Å². The van der Waals surface area contributed by atoms with Crippen molar-refractivity contribution in [1.29, 1.82) is 5.26 Å². The quantitative estimate of drug-likeness (QED) is 0.779. The Balaban J connectivity index is 2.26. The van der Waals surface area contributed by atoms with Crippen LogP contribution in [0.4, 0.5) is 18.9 Å². The summed E-state index contributed by atoms with van der Waals surface area (Å²) in [4.78, 5) is -0.714. The Morgan fingerprint density at radius 2 is 1.64 bits per heavy atom. The van der Waals surface area contributed by atoms with Gasteiger partial charge in [0.1, 0.15) is 6.07 Å². The molecule has 9 heteroatoms. The van der Waals surface area contributed by atoms with E-state index in [-0.39, 0.29) is 10.6 Å². The van der Waals surface area contributed by atoms with Gasteiger partial charge in [0.05, 0.1) is 10.5 Å². The molecule has 0 fully saturated rings. The molecule has 0 saturated carbocycles. The lowest BCUT2D eigenvalue weighted by Crippen LogP contribution is -2.06. The van der Waals surface area contributed by atoms with Gasteiger partial charge in [0, 0.05) is 16.9 Å². The van der Waals surface area contributed by atoms with Crippen LogP contribution in [0.3, 0.4) is 0 Å². The minimum absolute atomic E-state index is 0.126. The van der Waals surface area contributed by atoms with Gasteiger partial charge in [-0.2, -0.15) is 18.4 Å². The smallest absolute Gasteiger partial charge is 0.360 e. The number of hydrogen-bond donors (Lipinski definition) is 1. The van der Waals surface area contributed by atoms with E-state index in [1.165, 1.54) is 24.3 Å². The predicted molar refractivity (Wildman–Crippen MR) is 87.4 cm³/mol. The molecular formula is C16H10ClF3N2O2S. The molecule has 2 aromatic carbocycles. The summed E-state index contributed by atoms with van der Waals surface area (Å²) in [6, 6.07) is 10.7. The summed E-state index contributed by atoms with van der Waals surface area (Å²) in [5.74, 6) is 0. The van der Waals surface area contributed by atoms with Crippen LogP contribution in [0.5, 0.6) is 0 Å². The third kappa shape index (κ3) is 4.53. The third-order valence-electron chi connectivity index (χ3n) is 3.11. The molecule has 2 rings (SSSR count). The largest absolute Gasteiger partial charge is 0.416 e. The first-order valence-corrected chi connectivity index (χ1v) is 8.55. The second-order valence-corrected chi connectivity index (χ2v) is 7.15. The number of alkyl halides is 3. The highest BCUT2D eigenvalue weighted by atomic mass is 35.5. The topological polar surface area (TPSA) is 70.0 Å². The van der Waals surface area contributed by atoms with Crippen LogP contribution in [0.25, 0.3) is 0 Å². The van der Waals surface area contributed by atoms with Crippen molar-refractivity contribution >= 4 is 27.1 Å². The van der Waals surface area contributed by atoms with E-state index in [9.17, 15) is 21.6 Å². The molecule has 0 radical (unpaired) electrons. The Kier molecular flexibility index (Phi) is 5.40. The Labute approximate surface area is 147 Å². The van der Waals surface area contributed by atoms with Crippen molar-refractivity contribution in [3.05, 3.63) is 70.2 Å². The maximum atomic E-state index is 12.5. The van der Waals surface area contributed by atoms with E-state index in [4.69, 9.17) is 16.9 Å². The van der Waals surface area contributed by atoms with E-state index in [0.29, 0.717) is 5.02 Å². The number of nitrogens with zero attached hydrogens (tertiary/aromatic N) is 1. The van der Waals surface area contributed by atoms with Crippen LogP contribution in [0.15, 0.2) is 64.5 Å². The number of rotatable bonds is 4. The van der Waals surface area contributed by atoms with E-state index in [1.807, 2.05) is 0 Å². The Bertz CT molecular complexity index is 929. The first-order chi connectivity index (χ1) is 11.6. The molecule has 0 heterocycles. The Morgan fingerprint density at radius 3 is 2.12 bits per heavy atom. The summed E-state index contributed by atoms with van der Waals surface area (Å²) >= 11 is 5.69. The normalized spacial score (nSPS) is 12.5. The lowest BCUT2D eigenvalue weighted by molar-refractivity contribution is -0.137. The fraction of sp³-hybridized carbons (Fsp3) is 0.0625. The number of halogens is 4. The van der Waals surface area contributed by atoms with Crippen LogP contribution in [-0.4, -0.2) is 8.42 Å². The van der Waals surface area contributed by atoms with E-state index >= 15 is 0 Å². The molecule has 0 aliphatic rings. The first-order valence-electron chi connectivity index (χ1n) is 6.69. The highest BCUT2D eigenvalue weighted by molar-refractivity contribution is 7.95. The van der Waals surface area contributed by atoms with Gasteiger partial charge in [0.25, 0.3) is 0 Å². The number of allylic oxidation sites excluding steroid dienone is 1. The molecule has 0 spiro atoms. The van der Waals surface area contributed by atoms with Gasteiger partial charge in [-0.1, -0.05) is 11.6 Å². The van der Waals surface area contributed by atoms with Crippen LogP contribution in [0, 0.1) is 11.3 Å². The zero-order valence-electron chi connectivity index (χ0n) is 12.4. The third-order valence-corrected chi connectivity index (χ3v) is 5.04. The predicted octanol–water partition coefficient (Wildman–Crippen LogP) is 4.61. The molecule has 0 unspecified atom stereocenters. The SMILES string of the molecule is N#CC(=CNc1ccc(C(F)(F)F)cc1)S(=O)(=O)c1ccc(Cl)cc1. The minimum atomic E-state index is -4.47. The van der Waals surface area contributed by atoms with E-state index in [1.54, 1.807) is 6.07 Å². The second kappa shape index (κ2) is 7.17. The standard InChI is InChI=1S/C16H10ClF3N2O2S/c17-12-3-7-14(8-4-12)25(23,24)15(9-21)10-22-13-5-1-11(2-6-13)16(18,19)20/h1-8,10,22H. The lowest BCUT2D eigenvalue weighted by Gasteiger charge is -2.08. The van der Waals surface area contributed by atoms with E-state index in [2.05, 4.69) is 5.32 Å². The van der Waals surface area contributed by atoms with Gasteiger partial charge in [-0.15, -0.1) is 0 Å². The van der Waals surface area contributed by atoms with Crippen molar-refractivity contribution in [2.75, 3.05) is 5.32 Å². The van der Waals surface area contributed by atoms with Crippen LogP contribution in [0.1, 0.15) is 5.56 Å². The van der Waals surface area contributed by atoms with Gasteiger partial charge < -0.3 is 5.32 Å². The molecule has 1 N–H and O–H groups in total. The minimum Gasteiger partial charge on any atom is -0.360 e. The highest BCUT2D eigenvalue weighted by Gasteiger charge is 2.29. The zero-order chi connectivity index (χ0) is 18.7. The lowest BCUT2D eigenvalue weighted by atomic mass is 10.2. The molecule has 25 heavy (non-hydrogen) atoms. The van der Waals surface area contributed by atoms with Crippen molar-refractivity contribution in [1.82, 2.24) is 0 Å². The van der Waals surface area contributed by atoms with Gasteiger partial charge in [-0.3, -0.25) is 0 Å². The molecule has 0 bridgehead atoms. The van der Waals surface area contributed by atoms with Crippen LogP contribution in [-0.2, 0) is 16.0 Å². The summed E-state index contributed by atoms with van der Waals surface area (Å²) < 4.78 is 62.2. The maximum Gasteiger partial charge on any atom is 0.416 e. The summed E-state index contributed by atoms with van der Waals surface area (Å²) in [6.07, 6.45) is -3.54. The first kappa shape index (κ1) is 18.8. The molecule has 0 amide bonds. The summed E-state index contributed by atoms with van der Waals surface area (Å²) in [5.41, 5.74) is -0.636. The van der Waals surface area contributed by atoms with Gasteiger partial charge in [-0.25, -0.2) is 8.42 Å². The van der Waals surface area contributed by atoms with Gasteiger partial charge >= 0.3 is 6.18 Å². The van der Waals surface area contributed by atoms with Gasteiger partial charge in [-0.05, 0) is 48.5 Å². The highest BCUT2D eigenvalue weighted by Crippen LogP contribution is 2.30. The van der Waals surface area contributed by atoms with Crippen molar-refractivity contribution in [2.45, 2.75) is 11.1 Å². The molecule has 0 atom stereocenters. The fourth-order valence-electron chi connectivity index (χ4n) is 1.81. The Morgan fingerprint density at radius 1 is 1.08 bits per heavy atom. The van der Waals surface area contributed by atoms with E-state index in [0.717, 1.165) is 30.5 Å². The summed E-state index contributed by atoms with van der Waals surface area (Å²) in [6.45, 7) is 0. The number of nitriles is 1. The second-order valence-electron chi connectivity index (χ2n) is 4.80. The monoisotopic (exact) mass is 386 g/mol. The number of benzene rings is 2. The van der Waals surface area contributed by atoms with Crippen LogP contribution < -0.4 is 5.32 Å². The number of hydrogen-bond acceptors (Lipinski definition) is 4. The molecule has 0 aliphatic heterocycles. The molecular weight excluding hydrogens is 377 g/mol. The number of anilines is 1. The molecule has 2 aromatic rings. The van der Waals surface area contributed by atoms with Gasteiger partial charge in [0.15, 0.2) is 4.91 Å². The number of nitrogens with one attached hydrogen (secondary N) is 1. The van der Waals surface area contributed by atoms with Crippen molar-refractivity contribution < 1.29 is 21.6 Å². The maximum absolute atomic E-state index is 12.5. The molecule has 130 valence electrons. The molecule has 0 aliphatic carbocycles. The van der Waals surface area contributed by atoms with Crippen LogP contribution >= 0.6 is 11.6 Å². The Hall–Kier alpha value is -2.50. The summed E-state index contributed by atoms with van der Waals surface area (Å²) in [7, 11) is -4.07. The summed E-state index contributed by atoms with van der Waals surface area (Å²) in [5, 5.41) is 11.9. The molecule has 0 saturated heterocycles. The number of sulfone groups is 1. The molecule has 4 nitrogen and oxygen atoms in total. The van der Waals surface area contributed by atoms with E-state index < -0.39 is 26.5 Å². The fourth-order valence-corrected chi connectivity index (χ4v) is 3.02. The van der Waals surface area contributed by atoms with Crippen molar-refractivity contribution in [3.63, 3.8) is 0 Å². The zero-order valence-corrected chi connectivity index (χ0v) is 14.0. The van der Waals surface area contributed by atoms with Crippen LogP contribution in [0.2, 0.25) is 5.02 Å².